The highest BCUT2D eigenvalue weighted by molar-refractivity contribution is 5.85. The second kappa shape index (κ2) is 10.2. The predicted molar refractivity (Wildman–Crippen MR) is 89.3 cm³/mol. The molecule has 2 N–H and O–H groups in total. The van der Waals surface area contributed by atoms with Crippen LogP contribution in [-0.4, -0.2) is 42.9 Å². The Hall–Kier alpha value is -1.52. The van der Waals surface area contributed by atoms with E-state index < -0.39 is 0 Å². The van der Waals surface area contributed by atoms with E-state index in [0.717, 1.165) is 44.3 Å². The molecule has 2 amide bonds. The van der Waals surface area contributed by atoms with Crippen molar-refractivity contribution in [1.82, 2.24) is 15.5 Å². The van der Waals surface area contributed by atoms with Gasteiger partial charge in [0.25, 0.3) is 0 Å². The van der Waals surface area contributed by atoms with E-state index in [-0.39, 0.29) is 18.4 Å². The van der Waals surface area contributed by atoms with Crippen LogP contribution >= 0.6 is 0 Å². The van der Waals surface area contributed by atoms with Crippen LogP contribution in [0.1, 0.15) is 52.4 Å². The molecule has 1 aliphatic rings. The number of piperidine rings is 1. The van der Waals surface area contributed by atoms with Crippen molar-refractivity contribution in [3.05, 3.63) is 12.3 Å². The summed E-state index contributed by atoms with van der Waals surface area (Å²) in [7, 11) is 0. The monoisotopic (exact) mass is 309 g/mol. The summed E-state index contributed by atoms with van der Waals surface area (Å²) in [6.07, 6.45) is 5.41. The highest BCUT2D eigenvalue weighted by Gasteiger charge is 2.19. The lowest BCUT2D eigenvalue weighted by Gasteiger charge is -2.25. The topological polar surface area (TPSA) is 61.4 Å². The average molecular weight is 309 g/mol. The van der Waals surface area contributed by atoms with E-state index in [0.29, 0.717) is 25.4 Å². The summed E-state index contributed by atoms with van der Waals surface area (Å²) in [5.41, 5.74) is 1.03. The van der Waals surface area contributed by atoms with Gasteiger partial charge in [0.05, 0.1) is 6.54 Å². The quantitative estimate of drug-likeness (QED) is 0.607. The number of carbonyl (C=O) groups is 2. The van der Waals surface area contributed by atoms with Crippen LogP contribution in [-0.2, 0) is 9.59 Å². The first-order chi connectivity index (χ1) is 10.5. The average Bonchev–Trinajstić information content (AvgIpc) is 2.51. The molecular formula is C17H31N3O2. The van der Waals surface area contributed by atoms with Gasteiger partial charge in [-0.05, 0) is 31.6 Å². The molecule has 0 radical (unpaired) electrons. The van der Waals surface area contributed by atoms with Crippen LogP contribution in [0, 0.1) is 5.92 Å². The number of allylic oxidation sites excluding steroid dienone is 1. The SMILES string of the molecule is C=C(CCCNC(=O)CN1CCCCC1=O)NCC(C)CC. The van der Waals surface area contributed by atoms with Gasteiger partial charge in [0.2, 0.25) is 11.8 Å². The highest BCUT2D eigenvalue weighted by Crippen LogP contribution is 2.09. The molecule has 0 aliphatic carbocycles. The van der Waals surface area contributed by atoms with Gasteiger partial charge >= 0.3 is 0 Å². The first-order valence-corrected chi connectivity index (χ1v) is 8.49. The van der Waals surface area contributed by atoms with Gasteiger partial charge in [-0.3, -0.25) is 9.59 Å². The smallest absolute Gasteiger partial charge is 0.239 e. The summed E-state index contributed by atoms with van der Waals surface area (Å²) in [5.74, 6) is 0.691. The number of rotatable bonds is 10. The third-order valence-electron chi connectivity index (χ3n) is 4.13. The van der Waals surface area contributed by atoms with Gasteiger partial charge in [0.15, 0.2) is 0 Å². The predicted octanol–water partition coefficient (Wildman–Crippen LogP) is 2.04. The van der Waals surface area contributed by atoms with Gasteiger partial charge in [-0.2, -0.15) is 0 Å². The maximum absolute atomic E-state index is 11.8. The Balaban J connectivity index is 2.07. The molecular weight excluding hydrogens is 278 g/mol. The van der Waals surface area contributed by atoms with E-state index in [2.05, 4.69) is 31.1 Å². The van der Waals surface area contributed by atoms with Gasteiger partial charge in [0, 0.05) is 31.8 Å². The van der Waals surface area contributed by atoms with Crippen LogP contribution in [0.5, 0.6) is 0 Å². The molecule has 0 aromatic carbocycles. The Kier molecular flexibility index (Phi) is 8.63. The molecule has 0 saturated carbocycles. The third kappa shape index (κ3) is 7.48. The Morgan fingerprint density at radius 3 is 2.82 bits per heavy atom. The lowest BCUT2D eigenvalue weighted by molar-refractivity contribution is -0.137. The Bertz CT molecular complexity index is 382. The fraction of sp³-hybridized carbons (Fsp3) is 0.765. The van der Waals surface area contributed by atoms with Gasteiger partial charge in [-0.25, -0.2) is 0 Å². The largest absolute Gasteiger partial charge is 0.389 e. The van der Waals surface area contributed by atoms with Crippen LogP contribution in [0.25, 0.3) is 0 Å². The lowest BCUT2D eigenvalue weighted by atomic mass is 10.1. The van der Waals surface area contributed by atoms with Crippen molar-refractivity contribution in [2.24, 2.45) is 5.92 Å². The first kappa shape index (κ1) is 18.5. The van der Waals surface area contributed by atoms with E-state index in [1.54, 1.807) is 4.90 Å². The molecule has 1 unspecified atom stereocenters. The van der Waals surface area contributed by atoms with Crippen molar-refractivity contribution in [1.29, 1.82) is 0 Å². The molecule has 0 bridgehead atoms. The molecule has 1 aliphatic heterocycles. The molecule has 1 fully saturated rings. The van der Waals surface area contributed by atoms with Crippen molar-refractivity contribution < 1.29 is 9.59 Å². The van der Waals surface area contributed by atoms with Crippen LogP contribution in [0.4, 0.5) is 0 Å². The highest BCUT2D eigenvalue weighted by atomic mass is 16.2. The second-order valence-electron chi connectivity index (χ2n) is 6.22. The molecule has 0 aromatic heterocycles. The standard InChI is InChI=1S/C17H31N3O2/c1-4-14(2)12-19-15(3)8-7-10-18-16(21)13-20-11-6-5-9-17(20)22/h14,19H,3-13H2,1-2H3,(H,18,21). The fourth-order valence-electron chi connectivity index (χ4n) is 2.34. The number of nitrogens with zero attached hydrogens (tertiary/aromatic N) is 1. The minimum Gasteiger partial charge on any atom is -0.389 e. The van der Waals surface area contributed by atoms with Gasteiger partial charge in [-0.15, -0.1) is 0 Å². The Morgan fingerprint density at radius 2 is 2.14 bits per heavy atom. The van der Waals surface area contributed by atoms with E-state index in [9.17, 15) is 9.59 Å². The zero-order chi connectivity index (χ0) is 16.4. The summed E-state index contributed by atoms with van der Waals surface area (Å²) in [6.45, 7) is 10.9. The van der Waals surface area contributed by atoms with Crippen molar-refractivity contribution >= 4 is 11.8 Å². The van der Waals surface area contributed by atoms with Crippen molar-refractivity contribution in [2.75, 3.05) is 26.2 Å². The normalized spacial score (nSPS) is 16.3. The number of carbonyl (C=O) groups excluding carboxylic acids is 2. The van der Waals surface area contributed by atoms with E-state index in [1.165, 1.54) is 0 Å². The summed E-state index contributed by atoms with van der Waals surface area (Å²) in [4.78, 5) is 25.1. The van der Waals surface area contributed by atoms with E-state index in [1.807, 2.05) is 0 Å². The molecule has 5 nitrogen and oxygen atoms in total. The lowest BCUT2D eigenvalue weighted by Crippen LogP contribution is -2.43. The van der Waals surface area contributed by atoms with E-state index in [4.69, 9.17) is 0 Å². The maximum Gasteiger partial charge on any atom is 0.239 e. The number of hydrogen-bond donors (Lipinski definition) is 2. The molecule has 5 heteroatoms. The number of hydrogen-bond acceptors (Lipinski definition) is 3. The van der Waals surface area contributed by atoms with Crippen LogP contribution in [0.3, 0.4) is 0 Å². The van der Waals surface area contributed by atoms with Gasteiger partial charge < -0.3 is 15.5 Å². The molecule has 126 valence electrons. The molecule has 1 atom stereocenters. The summed E-state index contributed by atoms with van der Waals surface area (Å²) in [5, 5.41) is 6.21. The van der Waals surface area contributed by atoms with Crippen LogP contribution in [0.2, 0.25) is 0 Å². The summed E-state index contributed by atoms with van der Waals surface area (Å²) >= 11 is 0. The number of likely N-dealkylation sites (tertiary alicyclic amines) is 1. The maximum atomic E-state index is 11.8. The first-order valence-electron chi connectivity index (χ1n) is 8.49. The Morgan fingerprint density at radius 1 is 1.36 bits per heavy atom. The van der Waals surface area contributed by atoms with Crippen molar-refractivity contribution in [3.63, 3.8) is 0 Å². The molecule has 0 aromatic rings. The molecule has 1 heterocycles. The van der Waals surface area contributed by atoms with E-state index >= 15 is 0 Å². The molecule has 1 rings (SSSR count). The van der Waals surface area contributed by atoms with Crippen LogP contribution in [0.15, 0.2) is 12.3 Å². The third-order valence-corrected chi connectivity index (χ3v) is 4.13. The van der Waals surface area contributed by atoms with Crippen molar-refractivity contribution in [2.45, 2.75) is 52.4 Å². The second-order valence-corrected chi connectivity index (χ2v) is 6.22. The summed E-state index contributed by atoms with van der Waals surface area (Å²) in [6, 6.07) is 0. The van der Waals surface area contributed by atoms with Gasteiger partial charge in [0.1, 0.15) is 0 Å². The molecule has 0 spiro atoms. The minimum absolute atomic E-state index is 0.0616. The molecule has 1 saturated heterocycles. The van der Waals surface area contributed by atoms with Crippen LogP contribution < -0.4 is 10.6 Å². The fourth-order valence-corrected chi connectivity index (χ4v) is 2.34. The Labute approximate surface area is 134 Å². The zero-order valence-corrected chi connectivity index (χ0v) is 14.1. The summed E-state index contributed by atoms with van der Waals surface area (Å²) < 4.78 is 0. The minimum atomic E-state index is -0.0616. The van der Waals surface area contributed by atoms with Gasteiger partial charge in [-0.1, -0.05) is 26.8 Å². The number of nitrogens with one attached hydrogen (secondary N) is 2. The van der Waals surface area contributed by atoms with Crippen molar-refractivity contribution in [3.8, 4) is 0 Å². The molecule has 22 heavy (non-hydrogen) atoms. The zero-order valence-electron chi connectivity index (χ0n) is 14.1. The number of amides is 2.